The van der Waals surface area contributed by atoms with Gasteiger partial charge in [-0.1, -0.05) is 0 Å². The van der Waals surface area contributed by atoms with Crippen molar-refractivity contribution in [1.29, 1.82) is 0 Å². The molecule has 0 amide bonds. The number of esters is 1. The Morgan fingerprint density at radius 1 is 1.88 bits per heavy atom. The van der Waals surface area contributed by atoms with E-state index in [1.807, 2.05) is 0 Å². The fourth-order valence-corrected chi connectivity index (χ4v) is 0.378. The SMILES string of the molecule is CC(=O)O[C@@H](C)CCl. The van der Waals surface area contributed by atoms with Gasteiger partial charge in [0.2, 0.25) is 0 Å². The molecule has 0 saturated heterocycles. The van der Waals surface area contributed by atoms with Gasteiger partial charge in [0.25, 0.3) is 0 Å². The molecule has 3 heteroatoms. The monoisotopic (exact) mass is 136 g/mol. The summed E-state index contributed by atoms with van der Waals surface area (Å²) in [5.41, 5.74) is 0. The van der Waals surface area contributed by atoms with Gasteiger partial charge in [-0.2, -0.15) is 0 Å². The summed E-state index contributed by atoms with van der Waals surface area (Å²) in [5, 5.41) is 0. The summed E-state index contributed by atoms with van der Waals surface area (Å²) in [6.45, 7) is 3.11. The Bertz CT molecular complexity index is 82.5. The smallest absolute Gasteiger partial charge is 0.302 e. The molecule has 0 rings (SSSR count). The topological polar surface area (TPSA) is 26.3 Å². The van der Waals surface area contributed by atoms with Crippen molar-refractivity contribution in [2.45, 2.75) is 20.0 Å². The highest BCUT2D eigenvalue weighted by atomic mass is 35.5. The van der Waals surface area contributed by atoms with E-state index in [0.717, 1.165) is 0 Å². The first-order valence-corrected chi connectivity index (χ1v) is 2.93. The van der Waals surface area contributed by atoms with Crippen molar-refractivity contribution in [2.75, 3.05) is 5.88 Å². The van der Waals surface area contributed by atoms with Gasteiger partial charge in [-0.05, 0) is 6.92 Å². The van der Waals surface area contributed by atoms with Crippen LogP contribution >= 0.6 is 11.6 Å². The van der Waals surface area contributed by atoms with E-state index in [0.29, 0.717) is 5.88 Å². The average Bonchev–Trinajstić information content (AvgIpc) is 1.65. The van der Waals surface area contributed by atoms with Crippen molar-refractivity contribution >= 4 is 17.6 Å². The summed E-state index contributed by atoms with van der Waals surface area (Å²) < 4.78 is 4.63. The second-order valence-corrected chi connectivity index (χ2v) is 1.88. The van der Waals surface area contributed by atoms with Crippen LogP contribution in [-0.2, 0) is 9.53 Å². The van der Waals surface area contributed by atoms with Gasteiger partial charge in [-0.15, -0.1) is 11.6 Å². The maximum atomic E-state index is 10.1. The third-order valence-corrected chi connectivity index (χ3v) is 1.02. The van der Waals surface area contributed by atoms with Gasteiger partial charge in [0.1, 0.15) is 6.10 Å². The number of rotatable bonds is 2. The van der Waals surface area contributed by atoms with E-state index in [1.165, 1.54) is 6.92 Å². The Morgan fingerprint density at radius 3 is 2.50 bits per heavy atom. The highest BCUT2D eigenvalue weighted by Crippen LogP contribution is 1.92. The van der Waals surface area contributed by atoms with Gasteiger partial charge in [0, 0.05) is 6.92 Å². The minimum absolute atomic E-state index is 0.158. The molecule has 0 aliphatic heterocycles. The van der Waals surface area contributed by atoms with E-state index in [1.54, 1.807) is 6.92 Å². The fraction of sp³-hybridized carbons (Fsp3) is 0.800. The number of carbonyl (C=O) groups is 1. The quantitative estimate of drug-likeness (QED) is 0.421. The zero-order valence-electron chi connectivity index (χ0n) is 4.98. The van der Waals surface area contributed by atoms with Gasteiger partial charge in [-0.3, -0.25) is 4.79 Å². The summed E-state index contributed by atoms with van der Waals surface area (Å²) in [4.78, 5) is 10.1. The third-order valence-electron chi connectivity index (χ3n) is 0.584. The Hall–Kier alpha value is -0.240. The Kier molecular flexibility index (Phi) is 3.61. The van der Waals surface area contributed by atoms with Crippen molar-refractivity contribution in [3.63, 3.8) is 0 Å². The zero-order chi connectivity index (χ0) is 6.57. The van der Waals surface area contributed by atoms with E-state index in [4.69, 9.17) is 11.6 Å². The summed E-state index contributed by atoms with van der Waals surface area (Å²) in [5.74, 6) is 0.0812. The fourth-order valence-electron chi connectivity index (χ4n) is 0.315. The molecule has 0 bridgehead atoms. The van der Waals surface area contributed by atoms with E-state index >= 15 is 0 Å². The number of halogens is 1. The lowest BCUT2D eigenvalue weighted by Crippen LogP contribution is -2.12. The van der Waals surface area contributed by atoms with Gasteiger partial charge in [-0.25, -0.2) is 0 Å². The average molecular weight is 137 g/mol. The molecule has 0 aliphatic rings. The van der Waals surface area contributed by atoms with Crippen LogP contribution in [0.15, 0.2) is 0 Å². The molecule has 0 aromatic heterocycles. The maximum absolute atomic E-state index is 10.1. The van der Waals surface area contributed by atoms with Gasteiger partial charge >= 0.3 is 5.97 Å². The summed E-state index contributed by atoms with van der Waals surface area (Å²) in [6, 6.07) is 0. The molecule has 0 spiro atoms. The summed E-state index contributed by atoms with van der Waals surface area (Å²) >= 11 is 5.32. The van der Waals surface area contributed by atoms with E-state index < -0.39 is 0 Å². The van der Waals surface area contributed by atoms with Crippen LogP contribution in [0.2, 0.25) is 0 Å². The molecule has 0 heterocycles. The standard InChI is InChI=1S/C5H9ClO2/c1-4(3-6)8-5(2)7/h4H,3H2,1-2H3/t4-/m0/s1. The van der Waals surface area contributed by atoms with Crippen LogP contribution in [0.1, 0.15) is 13.8 Å². The molecule has 8 heavy (non-hydrogen) atoms. The lowest BCUT2D eigenvalue weighted by atomic mass is 10.5. The predicted octanol–water partition coefficient (Wildman–Crippen LogP) is 1.18. The molecule has 0 aromatic carbocycles. The Morgan fingerprint density at radius 2 is 2.38 bits per heavy atom. The minimum atomic E-state index is -0.279. The predicted molar refractivity (Wildman–Crippen MR) is 31.9 cm³/mol. The second-order valence-electron chi connectivity index (χ2n) is 1.57. The van der Waals surface area contributed by atoms with Crippen LogP contribution in [0, 0.1) is 0 Å². The van der Waals surface area contributed by atoms with Crippen LogP contribution < -0.4 is 0 Å². The van der Waals surface area contributed by atoms with Gasteiger partial charge in [0.05, 0.1) is 5.88 Å². The molecule has 48 valence electrons. The minimum Gasteiger partial charge on any atom is -0.462 e. The van der Waals surface area contributed by atoms with Crippen molar-refractivity contribution in [1.82, 2.24) is 0 Å². The van der Waals surface area contributed by atoms with Gasteiger partial charge < -0.3 is 4.74 Å². The number of hydrogen-bond acceptors (Lipinski definition) is 2. The normalized spacial score (nSPS) is 12.9. The lowest BCUT2D eigenvalue weighted by molar-refractivity contribution is -0.144. The number of ether oxygens (including phenoxy) is 1. The molecule has 0 radical (unpaired) electrons. The lowest BCUT2D eigenvalue weighted by Gasteiger charge is -2.05. The molecule has 2 nitrogen and oxygen atoms in total. The van der Waals surface area contributed by atoms with Crippen molar-refractivity contribution < 1.29 is 9.53 Å². The summed E-state index contributed by atoms with van der Waals surface area (Å²) in [7, 11) is 0. The number of hydrogen-bond donors (Lipinski definition) is 0. The van der Waals surface area contributed by atoms with Crippen LogP contribution in [0.5, 0.6) is 0 Å². The maximum Gasteiger partial charge on any atom is 0.302 e. The highest BCUT2D eigenvalue weighted by Gasteiger charge is 2.00. The molecule has 0 aromatic rings. The molecule has 1 atom stereocenters. The van der Waals surface area contributed by atoms with Crippen molar-refractivity contribution in [3.8, 4) is 0 Å². The zero-order valence-corrected chi connectivity index (χ0v) is 5.73. The molecular formula is C5H9ClO2. The first-order valence-electron chi connectivity index (χ1n) is 2.40. The molecule has 0 N–H and O–H groups in total. The van der Waals surface area contributed by atoms with Crippen LogP contribution in [-0.4, -0.2) is 18.0 Å². The van der Waals surface area contributed by atoms with Crippen LogP contribution in [0.25, 0.3) is 0 Å². The summed E-state index contributed by atoms with van der Waals surface area (Å²) in [6.07, 6.45) is -0.158. The third kappa shape index (κ3) is 3.93. The number of carbonyl (C=O) groups excluding carboxylic acids is 1. The van der Waals surface area contributed by atoms with Crippen LogP contribution in [0.4, 0.5) is 0 Å². The molecule has 0 aliphatic carbocycles. The highest BCUT2D eigenvalue weighted by molar-refractivity contribution is 6.18. The second kappa shape index (κ2) is 3.72. The van der Waals surface area contributed by atoms with Gasteiger partial charge in [0.15, 0.2) is 0 Å². The van der Waals surface area contributed by atoms with Crippen molar-refractivity contribution in [2.24, 2.45) is 0 Å². The first-order chi connectivity index (χ1) is 3.66. The molecule has 0 saturated carbocycles. The van der Waals surface area contributed by atoms with E-state index in [9.17, 15) is 4.79 Å². The van der Waals surface area contributed by atoms with E-state index in [-0.39, 0.29) is 12.1 Å². The Labute approximate surface area is 53.8 Å². The van der Waals surface area contributed by atoms with E-state index in [2.05, 4.69) is 4.74 Å². The first kappa shape index (κ1) is 7.76. The molecular weight excluding hydrogens is 128 g/mol. The molecule has 0 unspecified atom stereocenters. The molecule has 0 fully saturated rings. The van der Waals surface area contributed by atoms with Crippen LogP contribution in [0.3, 0.4) is 0 Å². The van der Waals surface area contributed by atoms with Crippen molar-refractivity contribution in [3.05, 3.63) is 0 Å². The number of alkyl halides is 1. The Balaban J connectivity index is 3.24. The largest absolute Gasteiger partial charge is 0.462 e.